The van der Waals surface area contributed by atoms with E-state index in [0.29, 0.717) is 25.9 Å². The lowest BCUT2D eigenvalue weighted by Gasteiger charge is -2.21. The molecule has 0 aliphatic carbocycles. The summed E-state index contributed by atoms with van der Waals surface area (Å²) < 4.78 is 0. The molecule has 7 nitrogen and oxygen atoms in total. The highest BCUT2D eigenvalue weighted by Crippen LogP contribution is 2.17. The topological polar surface area (TPSA) is 98.3 Å². The average Bonchev–Trinajstić information content (AvgIpc) is 2.99. The molecule has 98 valence electrons. The molecule has 0 saturated carbocycles. The van der Waals surface area contributed by atoms with Crippen LogP contribution >= 0.6 is 0 Å². The molecule has 1 aromatic heterocycles. The molecule has 1 saturated heterocycles. The molecule has 2 amide bonds. The standard InChI is InChI=1S/C11H16N4O3/c16-10(17)9-2-1-5-15(9)11(18)13-4-3-8-6-12-7-14-8/h6-7,9H,1-5H2,(H,12,14)(H,13,18)(H,16,17). The van der Waals surface area contributed by atoms with Crippen LogP contribution in [-0.2, 0) is 11.2 Å². The molecule has 1 aliphatic rings. The summed E-state index contributed by atoms with van der Waals surface area (Å²) in [4.78, 5) is 31.0. The molecular weight excluding hydrogens is 236 g/mol. The van der Waals surface area contributed by atoms with Gasteiger partial charge in [-0.2, -0.15) is 0 Å². The first-order valence-corrected chi connectivity index (χ1v) is 5.93. The first-order chi connectivity index (χ1) is 8.68. The van der Waals surface area contributed by atoms with Gasteiger partial charge in [0.15, 0.2) is 0 Å². The third-order valence-corrected chi connectivity index (χ3v) is 3.02. The van der Waals surface area contributed by atoms with Gasteiger partial charge in [-0.15, -0.1) is 0 Å². The normalized spacial score (nSPS) is 18.9. The summed E-state index contributed by atoms with van der Waals surface area (Å²) in [5.74, 6) is -0.934. The Morgan fingerprint density at radius 3 is 3.11 bits per heavy atom. The molecule has 1 fully saturated rings. The van der Waals surface area contributed by atoms with Gasteiger partial charge < -0.3 is 20.3 Å². The van der Waals surface area contributed by atoms with Crippen LogP contribution in [0.15, 0.2) is 12.5 Å². The van der Waals surface area contributed by atoms with Crippen LogP contribution in [0.1, 0.15) is 18.5 Å². The van der Waals surface area contributed by atoms with Crippen molar-refractivity contribution in [2.45, 2.75) is 25.3 Å². The Labute approximate surface area is 104 Å². The average molecular weight is 252 g/mol. The van der Waals surface area contributed by atoms with Gasteiger partial charge in [-0.3, -0.25) is 0 Å². The second kappa shape index (κ2) is 5.52. The van der Waals surface area contributed by atoms with E-state index in [1.54, 1.807) is 12.5 Å². The van der Waals surface area contributed by atoms with Crippen molar-refractivity contribution in [3.05, 3.63) is 18.2 Å². The molecule has 18 heavy (non-hydrogen) atoms. The molecule has 1 aliphatic heterocycles. The van der Waals surface area contributed by atoms with Crippen LogP contribution in [-0.4, -0.2) is 51.1 Å². The smallest absolute Gasteiger partial charge is 0.326 e. The van der Waals surface area contributed by atoms with Gasteiger partial charge in [-0.05, 0) is 12.8 Å². The van der Waals surface area contributed by atoms with Crippen molar-refractivity contribution in [3.63, 3.8) is 0 Å². The zero-order valence-electron chi connectivity index (χ0n) is 9.93. The number of aromatic amines is 1. The molecule has 0 bridgehead atoms. The largest absolute Gasteiger partial charge is 0.480 e. The van der Waals surface area contributed by atoms with Crippen molar-refractivity contribution in [2.75, 3.05) is 13.1 Å². The maximum atomic E-state index is 11.8. The fourth-order valence-corrected chi connectivity index (χ4v) is 2.09. The van der Waals surface area contributed by atoms with Crippen molar-refractivity contribution >= 4 is 12.0 Å². The van der Waals surface area contributed by atoms with Crippen LogP contribution < -0.4 is 5.32 Å². The van der Waals surface area contributed by atoms with Gasteiger partial charge in [0.1, 0.15) is 6.04 Å². The summed E-state index contributed by atoms with van der Waals surface area (Å²) in [5.41, 5.74) is 0.937. The maximum Gasteiger partial charge on any atom is 0.326 e. The third-order valence-electron chi connectivity index (χ3n) is 3.02. The summed E-state index contributed by atoms with van der Waals surface area (Å²) >= 11 is 0. The number of aromatic nitrogens is 2. The number of amides is 2. The number of nitrogens with one attached hydrogen (secondary N) is 2. The molecular formula is C11H16N4O3. The van der Waals surface area contributed by atoms with Gasteiger partial charge in [-0.25, -0.2) is 14.6 Å². The molecule has 1 aromatic rings. The second-order valence-electron chi connectivity index (χ2n) is 4.25. The van der Waals surface area contributed by atoms with Crippen LogP contribution in [0.25, 0.3) is 0 Å². The number of hydrogen-bond acceptors (Lipinski definition) is 3. The van der Waals surface area contributed by atoms with Gasteiger partial charge in [0.2, 0.25) is 0 Å². The fourth-order valence-electron chi connectivity index (χ4n) is 2.09. The fraction of sp³-hybridized carbons (Fsp3) is 0.545. The van der Waals surface area contributed by atoms with Crippen LogP contribution in [0, 0.1) is 0 Å². The lowest BCUT2D eigenvalue weighted by Crippen LogP contribution is -2.46. The maximum absolute atomic E-state index is 11.8. The molecule has 0 aromatic carbocycles. The minimum absolute atomic E-state index is 0.306. The number of H-pyrrole nitrogens is 1. The number of carbonyl (C=O) groups is 2. The number of nitrogens with zero attached hydrogens (tertiary/aromatic N) is 2. The van der Waals surface area contributed by atoms with Crippen molar-refractivity contribution < 1.29 is 14.7 Å². The number of carbonyl (C=O) groups excluding carboxylic acids is 1. The lowest BCUT2D eigenvalue weighted by atomic mass is 10.2. The van der Waals surface area contributed by atoms with E-state index in [-0.39, 0.29) is 6.03 Å². The first-order valence-electron chi connectivity index (χ1n) is 5.93. The van der Waals surface area contributed by atoms with Gasteiger partial charge in [0.25, 0.3) is 0 Å². The number of carboxylic acid groups (broad SMARTS) is 1. The molecule has 0 radical (unpaired) electrons. The van der Waals surface area contributed by atoms with E-state index in [1.807, 2.05) is 0 Å². The molecule has 2 heterocycles. The van der Waals surface area contributed by atoms with Crippen molar-refractivity contribution in [1.82, 2.24) is 20.2 Å². The SMILES string of the molecule is O=C(O)C1CCCN1C(=O)NCCc1cnc[nH]1. The predicted molar refractivity (Wildman–Crippen MR) is 63.1 cm³/mol. The Bertz CT molecular complexity index is 418. The Morgan fingerprint density at radius 1 is 1.61 bits per heavy atom. The second-order valence-corrected chi connectivity index (χ2v) is 4.25. The minimum Gasteiger partial charge on any atom is -0.480 e. The highest BCUT2D eigenvalue weighted by molar-refractivity contribution is 5.83. The summed E-state index contributed by atoms with van der Waals surface area (Å²) in [6.45, 7) is 0.969. The molecule has 2 rings (SSSR count). The Kier molecular flexibility index (Phi) is 3.81. The molecule has 1 atom stereocenters. The summed E-state index contributed by atoms with van der Waals surface area (Å²) in [6.07, 6.45) is 5.20. The number of likely N-dealkylation sites (tertiary alicyclic amines) is 1. The third kappa shape index (κ3) is 2.79. The zero-order chi connectivity index (χ0) is 13.0. The van der Waals surface area contributed by atoms with E-state index in [9.17, 15) is 9.59 Å². The number of imidazole rings is 1. The van der Waals surface area contributed by atoms with E-state index in [4.69, 9.17) is 5.11 Å². The number of rotatable bonds is 4. The van der Waals surface area contributed by atoms with E-state index >= 15 is 0 Å². The van der Waals surface area contributed by atoms with Crippen LogP contribution in [0.4, 0.5) is 4.79 Å². The van der Waals surface area contributed by atoms with E-state index in [2.05, 4.69) is 15.3 Å². The van der Waals surface area contributed by atoms with Crippen LogP contribution in [0.3, 0.4) is 0 Å². The first kappa shape index (κ1) is 12.4. The van der Waals surface area contributed by atoms with Crippen molar-refractivity contribution in [2.24, 2.45) is 0 Å². The van der Waals surface area contributed by atoms with Gasteiger partial charge in [-0.1, -0.05) is 0 Å². The molecule has 1 unspecified atom stereocenters. The number of hydrogen-bond donors (Lipinski definition) is 3. The Balaban J connectivity index is 1.79. The van der Waals surface area contributed by atoms with Gasteiger partial charge in [0.05, 0.1) is 6.33 Å². The monoisotopic (exact) mass is 252 g/mol. The number of urea groups is 1. The number of carboxylic acids is 1. The highest BCUT2D eigenvalue weighted by atomic mass is 16.4. The Morgan fingerprint density at radius 2 is 2.44 bits per heavy atom. The zero-order valence-corrected chi connectivity index (χ0v) is 9.93. The lowest BCUT2D eigenvalue weighted by molar-refractivity contribution is -0.141. The van der Waals surface area contributed by atoms with E-state index in [1.165, 1.54) is 4.90 Å². The van der Waals surface area contributed by atoms with E-state index in [0.717, 1.165) is 12.1 Å². The van der Waals surface area contributed by atoms with Crippen LogP contribution in [0.5, 0.6) is 0 Å². The highest BCUT2D eigenvalue weighted by Gasteiger charge is 2.33. The van der Waals surface area contributed by atoms with Crippen molar-refractivity contribution in [3.8, 4) is 0 Å². The van der Waals surface area contributed by atoms with E-state index < -0.39 is 12.0 Å². The summed E-state index contributed by atoms with van der Waals surface area (Å²) in [7, 11) is 0. The predicted octanol–water partition coefficient (Wildman–Crippen LogP) is 0.211. The molecule has 3 N–H and O–H groups in total. The molecule has 7 heteroatoms. The van der Waals surface area contributed by atoms with Crippen LogP contribution in [0.2, 0.25) is 0 Å². The Hall–Kier alpha value is -2.05. The van der Waals surface area contributed by atoms with Gasteiger partial charge in [0, 0.05) is 31.4 Å². The quantitative estimate of drug-likeness (QED) is 0.713. The minimum atomic E-state index is -0.934. The van der Waals surface area contributed by atoms with Gasteiger partial charge >= 0.3 is 12.0 Å². The summed E-state index contributed by atoms with van der Waals surface area (Å²) in [6, 6.07) is -0.989. The summed E-state index contributed by atoms with van der Waals surface area (Å²) in [5, 5.41) is 11.7. The van der Waals surface area contributed by atoms with Crippen molar-refractivity contribution in [1.29, 1.82) is 0 Å². The molecule has 0 spiro atoms. The number of aliphatic carboxylic acids is 1.